The van der Waals surface area contributed by atoms with Gasteiger partial charge < -0.3 is 9.88 Å². The number of hydrogen-bond acceptors (Lipinski definition) is 3. The van der Waals surface area contributed by atoms with Crippen LogP contribution in [-0.2, 0) is 13.1 Å². The second kappa shape index (κ2) is 8.31. The van der Waals surface area contributed by atoms with Crippen molar-refractivity contribution in [2.75, 3.05) is 0 Å². The standard InChI is InChI=1S/C25H18F2N4O2/c26-19-10-17(11-20(27)13-19)14-28-24(32)18-6-7-21-23(12-18)30(15-16-4-2-1-3-5-16)25(33)22-8-9-29-31(21)22/h1-13H,14-15H2,(H,28,32). The number of hydrogen-bond donors (Lipinski definition) is 1. The smallest absolute Gasteiger partial charge is 0.277 e. The van der Waals surface area contributed by atoms with Gasteiger partial charge in [0.15, 0.2) is 0 Å². The number of rotatable bonds is 5. The van der Waals surface area contributed by atoms with Crippen LogP contribution >= 0.6 is 0 Å². The summed E-state index contributed by atoms with van der Waals surface area (Å²) >= 11 is 0. The number of halogens is 2. The zero-order valence-electron chi connectivity index (χ0n) is 17.3. The van der Waals surface area contributed by atoms with Crippen molar-refractivity contribution in [3.63, 3.8) is 0 Å². The minimum atomic E-state index is -0.710. The maximum absolute atomic E-state index is 13.4. The van der Waals surface area contributed by atoms with Gasteiger partial charge in [-0.05, 0) is 47.5 Å². The number of benzene rings is 3. The average molecular weight is 444 g/mol. The molecule has 0 aliphatic rings. The van der Waals surface area contributed by atoms with E-state index in [-0.39, 0.29) is 12.1 Å². The van der Waals surface area contributed by atoms with Gasteiger partial charge in [0, 0.05) is 18.2 Å². The fourth-order valence-corrected chi connectivity index (χ4v) is 3.89. The van der Waals surface area contributed by atoms with Crippen molar-refractivity contribution in [3.05, 3.63) is 118 Å². The Balaban J connectivity index is 1.54. The Kier molecular flexibility index (Phi) is 5.18. The molecule has 1 amide bonds. The van der Waals surface area contributed by atoms with E-state index in [4.69, 9.17) is 0 Å². The Labute approximate surface area is 186 Å². The first kappa shape index (κ1) is 20.6. The van der Waals surface area contributed by atoms with Crippen molar-refractivity contribution in [1.29, 1.82) is 0 Å². The van der Waals surface area contributed by atoms with Crippen LogP contribution in [0.4, 0.5) is 8.78 Å². The van der Waals surface area contributed by atoms with Crippen molar-refractivity contribution in [2.24, 2.45) is 0 Å². The zero-order valence-corrected chi connectivity index (χ0v) is 17.3. The van der Waals surface area contributed by atoms with Crippen molar-refractivity contribution in [1.82, 2.24) is 19.5 Å². The van der Waals surface area contributed by atoms with Gasteiger partial charge in [-0.1, -0.05) is 30.3 Å². The van der Waals surface area contributed by atoms with Gasteiger partial charge >= 0.3 is 0 Å². The molecule has 0 saturated carbocycles. The monoisotopic (exact) mass is 444 g/mol. The molecule has 0 aliphatic carbocycles. The highest BCUT2D eigenvalue weighted by Gasteiger charge is 2.15. The van der Waals surface area contributed by atoms with Crippen LogP contribution in [0.1, 0.15) is 21.5 Å². The third kappa shape index (κ3) is 3.98. The van der Waals surface area contributed by atoms with Gasteiger partial charge in [0.1, 0.15) is 17.2 Å². The summed E-state index contributed by atoms with van der Waals surface area (Å²) in [4.78, 5) is 26.0. The van der Waals surface area contributed by atoms with E-state index in [1.54, 1.807) is 39.5 Å². The summed E-state index contributed by atoms with van der Waals surface area (Å²) in [5.74, 6) is -1.85. The molecule has 1 N–H and O–H groups in total. The number of fused-ring (bicyclic) bond motifs is 3. The molecule has 3 aromatic carbocycles. The van der Waals surface area contributed by atoms with Crippen LogP contribution in [0.3, 0.4) is 0 Å². The maximum Gasteiger partial charge on any atom is 0.277 e. The maximum atomic E-state index is 13.4. The normalized spacial score (nSPS) is 11.2. The van der Waals surface area contributed by atoms with E-state index < -0.39 is 17.5 Å². The third-order valence-corrected chi connectivity index (χ3v) is 5.42. The van der Waals surface area contributed by atoms with Crippen LogP contribution in [0.5, 0.6) is 0 Å². The molecule has 0 bridgehead atoms. The molecule has 0 saturated heterocycles. The second-order valence-corrected chi connectivity index (χ2v) is 7.67. The summed E-state index contributed by atoms with van der Waals surface area (Å²) in [6.07, 6.45) is 1.56. The molecule has 0 atom stereocenters. The van der Waals surface area contributed by atoms with E-state index in [1.807, 2.05) is 30.3 Å². The lowest BCUT2D eigenvalue weighted by molar-refractivity contribution is 0.0951. The number of carbonyl (C=O) groups is 1. The summed E-state index contributed by atoms with van der Waals surface area (Å²) in [7, 11) is 0. The van der Waals surface area contributed by atoms with Crippen LogP contribution in [0.15, 0.2) is 83.8 Å². The van der Waals surface area contributed by atoms with Crippen LogP contribution in [0.25, 0.3) is 16.6 Å². The molecule has 6 nitrogen and oxygen atoms in total. The first-order valence-corrected chi connectivity index (χ1v) is 10.3. The number of aromatic nitrogens is 3. The molecule has 33 heavy (non-hydrogen) atoms. The molecule has 2 aromatic heterocycles. The molecule has 2 heterocycles. The summed E-state index contributed by atoms with van der Waals surface area (Å²) in [5, 5.41) is 6.92. The van der Waals surface area contributed by atoms with Gasteiger partial charge in [0.2, 0.25) is 0 Å². The van der Waals surface area contributed by atoms with E-state index >= 15 is 0 Å². The molecule has 8 heteroatoms. The van der Waals surface area contributed by atoms with E-state index in [0.29, 0.717) is 34.2 Å². The van der Waals surface area contributed by atoms with Crippen molar-refractivity contribution < 1.29 is 13.6 Å². The average Bonchev–Trinajstić information content (AvgIpc) is 3.30. The Hall–Kier alpha value is -4.33. The van der Waals surface area contributed by atoms with Gasteiger partial charge in [-0.25, -0.2) is 13.3 Å². The molecule has 0 unspecified atom stereocenters. The SMILES string of the molecule is O=C(NCc1cc(F)cc(F)c1)c1ccc2c(c1)n(Cc1ccccc1)c(=O)c1ccnn12. The minimum Gasteiger partial charge on any atom is -0.348 e. The molecule has 164 valence electrons. The Morgan fingerprint density at radius 2 is 1.61 bits per heavy atom. The van der Waals surface area contributed by atoms with Gasteiger partial charge in [-0.3, -0.25) is 9.59 Å². The highest BCUT2D eigenvalue weighted by Crippen LogP contribution is 2.18. The number of carbonyl (C=O) groups excluding carboxylic acids is 1. The highest BCUT2D eigenvalue weighted by atomic mass is 19.1. The van der Waals surface area contributed by atoms with Crippen molar-refractivity contribution in [2.45, 2.75) is 13.1 Å². The molecule has 0 aliphatic heterocycles. The van der Waals surface area contributed by atoms with Crippen molar-refractivity contribution >= 4 is 22.5 Å². The lowest BCUT2D eigenvalue weighted by atomic mass is 10.1. The number of amides is 1. The largest absolute Gasteiger partial charge is 0.348 e. The zero-order chi connectivity index (χ0) is 22.9. The van der Waals surface area contributed by atoms with Crippen LogP contribution in [0.2, 0.25) is 0 Å². The van der Waals surface area contributed by atoms with Crippen LogP contribution < -0.4 is 10.9 Å². The number of nitrogens with zero attached hydrogens (tertiary/aromatic N) is 3. The topological polar surface area (TPSA) is 68.4 Å². The Morgan fingerprint density at radius 3 is 2.36 bits per heavy atom. The van der Waals surface area contributed by atoms with E-state index in [2.05, 4.69) is 10.4 Å². The summed E-state index contributed by atoms with van der Waals surface area (Å²) in [6, 6.07) is 19.3. The first-order valence-electron chi connectivity index (χ1n) is 10.3. The molecule has 0 fully saturated rings. The molecule has 0 spiro atoms. The predicted octanol–water partition coefficient (Wildman–Crippen LogP) is 3.91. The fourth-order valence-electron chi connectivity index (χ4n) is 3.89. The van der Waals surface area contributed by atoms with Gasteiger partial charge in [0.25, 0.3) is 11.5 Å². The quantitative estimate of drug-likeness (QED) is 0.447. The lowest BCUT2D eigenvalue weighted by Gasteiger charge is -2.14. The first-order chi connectivity index (χ1) is 16.0. The highest BCUT2D eigenvalue weighted by molar-refractivity contribution is 5.97. The summed E-state index contributed by atoms with van der Waals surface area (Å²) in [6.45, 7) is 0.284. The molecular formula is C25H18F2N4O2. The molecule has 0 radical (unpaired) electrons. The molecular weight excluding hydrogens is 426 g/mol. The van der Waals surface area contributed by atoms with Gasteiger partial charge in [-0.2, -0.15) is 5.10 Å². The van der Waals surface area contributed by atoms with Crippen LogP contribution in [-0.4, -0.2) is 20.1 Å². The van der Waals surface area contributed by atoms with Crippen molar-refractivity contribution in [3.8, 4) is 0 Å². The molecule has 5 rings (SSSR count). The van der Waals surface area contributed by atoms with Crippen LogP contribution in [0, 0.1) is 11.6 Å². The Morgan fingerprint density at radius 1 is 0.848 bits per heavy atom. The fraction of sp³-hybridized carbons (Fsp3) is 0.0800. The van der Waals surface area contributed by atoms with Gasteiger partial charge in [0.05, 0.1) is 23.8 Å². The minimum absolute atomic E-state index is 0.0411. The van der Waals surface area contributed by atoms with E-state index in [0.717, 1.165) is 23.8 Å². The molecule has 5 aromatic rings. The summed E-state index contributed by atoms with van der Waals surface area (Å²) < 4.78 is 30.0. The van der Waals surface area contributed by atoms with E-state index in [9.17, 15) is 18.4 Å². The van der Waals surface area contributed by atoms with E-state index in [1.165, 1.54) is 0 Å². The Bertz CT molecular complexity index is 1540. The lowest BCUT2D eigenvalue weighted by Crippen LogP contribution is -2.25. The summed E-state index contributed by atoms with van der Waals surface area (Å²) in [5.41, 5.74) is 2.99. The van der Waals surface area contributed by atoms with Gasteiger partial charge in [-0.15, -0.1) is 0 Å². The third-order valence-electron chi connectivity index (χ3n) is 5.42. The number of nitrogens with one attached hydrogen (secondary N) is 1. The second-order valence-electron chi connectivity index (χ2n) is 7.67. The predicted molar refractivity (Wildman–Crippen MR) is 120 cm³/mol.